The van der Waals surface area contributed by atoms with E-state index in [1.807, 2.05) is 30.8 Å². The van der Waals surface area contributed by atoms with E-state index in [1.165, 1.54) is 0 Å². The molecule has 3 N–H and O–H groups in total. The first-order chi connectivity index (χ1) is 7.70. The molecule has 1 atom stereocenters. The zero-order chi connectivity index (χ0) is 11.9. The SMILES string of the molecule is CCC(O)(CN)CCCSCc1ccco1. The third kappa shape index (κ3) is 4.60. The number of thioether (sulfide) groups is 1. The zero-order valence-electron chi connectivity index (χ0n) is 9.82. The molecule has 1 aromatic rings. The summed E-state index contributed by atoms with van der Waals surface area (Å²) in [5.41, 5.74) is 4.88. The Morgan fingerprint density at radius 2 is 2.38 bits per heavy atom. The van der Waals surface area contributed by atoms with Crippen LogP contribution in [0.1, 0.15) is 31.9 Å². The van der Waals surface area contributed by atoms with Gasteiger partial charge in [0.1, 0.15) is 5.76 Å². The van der Waals surface area contributed by atoms with E-state index < -0.39 is 5.60 Å². The van der Waals surface area contributed by atoms with Crippen molar-refractivity contribution in [3.05, 3.63) is 24.2 Å². The highest BCUT2D eigenvalue weighted by molar-refractivity contribution is 7.98. The molecule has 0 amide bonds. The number of hydrogen-bond donors (Lipinski definition) is 2. The van der Waals surface area contributed by atoms with Gasteiger partial charge in [-0.1, -0.05) is 6.92 Å². The monoisotopic (exact) mass is 243 g/mol. The topological polar surface area (TPSA) is 59.4 Å². The van der Waals surface area contributed by atoms with Gasteiger partial charge in [0.2, 0.25) is 0 Å². The van der Waals surface area contributed by atoms with E-state index in [4.69, 9.17) is 10.2 Å². The highest BCUT2D eigenvalue weighted by atomic mass is 32.2. The molecule has 92 valence electrons. The summed E-state index contributed by atoms with van der Waals surface area (Å²) in [5, 5.41) is 9.96. The van der Waals surface area contributed by atoms with Gasteiger partial charge in [-0.2, -0.15) is 11.8 Å². The lowest BCUT2D eigenvalue weighted by Crippen LogP contribution is -2.36. The normalized spacial score (nSPS) is 14.9. The third-order valence-electron chi connectivity index (χ3n) is 2.79. The van der Waals surface area contributed by atoms with Gasteiger partial charge in [0.15, 0.2) is 0 Å². The maximum absolute atomic E-state index is 9.96. The number of rotatable bonds is 8. The second-order valence-electron chi connectivity index (χ2n) is 4.02. The van der Waals surface area contributed by atoms with E-state index in [0.29, 0.717) is 6.54 Å². The molecule has 0 bridgehead atoms. The van der Waals surface area contributed by atoms with Crippen molar-refractivity contribution in [3.8, 4) is 0 Å². The second kappa shape index (κ2) is 6.99. The summed E-state index contributed by atoms with van der Waals surface area (Å²) in [5.74, 6) is 2.94. The number of aliphatic hydroxyl groups is 1. The van der Waals surface area contributed by atoms with Gasteiger partial charge in [-0.05, 0) is 37.1 Å². The first-order valence-electron chi connectivity index (χ1n) is 5.73. The fourth-order valence-electron chi connectivity index (χ4n) is 1.49. The molecule has 0 aromatic carbocycles. The summed E-state index contributed by atoms with van der Waals surface area (Å²) >= 11 is 1.83. The van der Waals surface area contributed by atoms with E-state index >= 15 is 0 Å². The average molecular weight is 243 g/mol. The van der Waals surface area contributed by atoms with Crippen LogP contribution in [0.4, 0.5) is 0 Å². The van der Waals surface area contributed by atoms with E-state index in [9.17, 15) is 5.11 Å². The molecule has 1 heterocycles. The van der Waals surface area contributed by atoms with Crippen LogP contribution in [0.3, 0.4) is 0 Å². The van der Waals surface area contributed by atoms with Gasteiger partial charge in [-0.15, -0.1) is 0 Å². The van der Waals surface area contributed by atoms with Crippen molar-refractivity contribution in [2.24, 2.45) is 5.73 Å². The largest absolute Gasteiger partial charge is 0.468 e. The van der Waals surface area contributed by atoms with E-state index in [2.05, 4.69) is 0 Å². The van der Waals surface area contributed by atoms with Crippen LogP contribution in [0.5, 0.6) is 0 Å². The van der Waals surface area contributed by atoms with Crippen LogP contribution >= 0.6 is 11.8 Å². The Bertz CT molecular complexity index is 271. The summed E-state index contributed by atoms with van der Waals surface area (Å²) < 4.78 is 5.23. The number of nitrogens with two attached hydrogens (primary N) is 1. The van der Waals surface area contributed by atoms with Crippen LogP contribution in [0, 0.1) is 0 Å². The molecular formula is C12H21NO2S. The van der Waals surface area contributed by atoms with Crippen LogP contribution < -0.4 is 5.73 Å². The maximum atomic E-state index is 9.96. The van der Waals surface area contributed by atoms with Crippen molar-refractivity contribution in [2.75, 3.05) is 12.3 Å². The lowest BCUT2D eigenvalue weighted by molar-refractivity contribution is 0.0360. The van der Waals surface area contributed by atoms with Gasteiger partial charge in [0.25, 0.3) is 0 Å². The molecule has 0 saturated heterocycles. The first-order valence-corrected chi connectivity index (χ1v) is 6.88. The van der Waals surface area contributed by atoms with Gasteiger partial charge in [0.05, 0.1) is 17.6 Å². The summed E-state index contributed by atoms with van der Waals surface area (Å²) in [6.45, 7) is 2.33. The van der Waals surface area contributed by atoms with Crippen molar-refractivity contribution in [1.82, 2.24) is 0 Å². The highest BCUT2D eigenvalue weighted by Crippen LogP contribution is 2.19. The van der Waals surface area contributed by atoms with Crippen LogP contribution in [0.2, 0.25) is 0 Å². The molecule has 0 aliphatic carbocycles. The van der Waals surface area contributed by atoms with Crippen LogP contribution in [0.15, 0.2) is 22.8 Å². The molecule has 0 fully saturated rings. The van der Waals surface area contributed by atoms with Gasteiger partial charge >= 0.3 is 0 Å². The van der Waals surface area contributed by atoms with Gasteiger partial charge < -0.3 is 15.3 Å². The Hall–Kier alpha value is -0.450. The lowest BCUT2D eigenvalue weighted by atomic mass is 9.95. The number of furan rings is 1. The molecule has 1 unspecified atom stereocenters. The predicted octanol–water partition coefficient (Wildman–Crippen LogP) is 2.39. The minimum Gasteiger partial charge on any atom is -0.468 e. The Kier molecular flexibility index (Phi) is 5.95. The molecule has 1 aromatic heterocycles. The standard InChI is InChI=1S/C12H21NO2S/c1-2-12(14,10-13)6-4-8-16-9-11-5-3-7-15-11/h3,5,7,14H,2,4,6,8-10,13H2,1H3. The van der Waals surface area contributed by atoms with Crippen LogP contribution in [-0.2, 0) is 5.75 Å². The lowest BCUT2D eigenvalue weighted by Gasteiger charge is -2.24. The Labute approximate surface area is 101 Å². The van der Waals surface area contributed by atoms with E-state index in [1.54, 1.807) is 6.26 Å². The van der Waals surface area contributed by atoms with Crippen LogP contribution in [0.25, 0.3) is 0 Å². The molecule has 0 aliphatic heterocycles. The van der Waals surface area contributed by atoms with Gasteiger partial charge in [-0.25, -0.2) is 0 Å². The van der Waals surface area contributed by atoms with E-state index in [0.717, 1.165) is 36.5 Å². The van der Waals surface area contributed by atoms with Gasteiger partial charge in [0, 0.05) is 6.54 Å². The minimum absolute atomic E-state index is 0.354. The summed E-state index contributed by atoms with van der Waals surface area (Å²) in [7, 11) is 0. The fraction of sp³-hybridized carbons (Fsp3) is 0.667. The molecule has 1 rings (SSSR count). The molecule has 0 saturated carbocycles. The quantitative estimate of drug-likeness (QED) is 0.688. The fourth-order valence-corrected chi connectivity index (χ4v) is 2.35. The maximum Gasteiger partial charge on any atom is 0.113 e. The van der Waals surface area contributed by atoms with Gasteiger partial charge in [-0.3, -0.25) is 0 Å². The molecule has 0 aliphatic rings. The third-order valence-corrected chi connectivity index (χ3v) is 3.86. The molecule has 0 radical (unpaired) electrons. The van der Waals surface area contributed by atoms with Crippen molar-refractivity contribution in [3.63, 3.8) is 0 Å². The van der Waals surface area contributed by atoms with Crippen LogP contribution in [-0.4, -0.2) is 23.0 Å². The first kappa shape index (κ1) is 13.6. The summed E-state index contributed by atoms with van der Waals surface area (Å²) in [6, 6.07) is 3.88. The molecular weight excluding hydrogens is 222 g/mol. The summed E-state index contributed by atoms with van der Waals surface area (Å²) in [4.78, 5) is 0. The highest BCUT2D eigenvalue weighted by Gasteiger charge is 2.21. The van der Waals surface area contributed by atoms with E-state index in [-0.39, 0.29) is 0 Å². The molecule has 3 nitrogen and oxygen atoms in total. The average Bonchev–Trinajstić information content (AvgIpc) is 2.81. The van der Waals surface area contributed by atoms with Crippen molar-refractivity contribution in [2.45, 2.75) is 37.5 Å². The van der Waals surface area contributed by atoms with Crippen molar-refractivity contribution in [1.29, 1.82) is 0 Å². The molecule has 4 heteroatoms. The Morgan fingerprint density at radius 1 is 1.56 bits per heavy atom. The molecule has 16 heavy (non-hydrogen) atoms. The number of hydrogen-bond acceptors (Lipinski definition) is 4. The predicted molar refractivity (Wildman–Crippen MR) is 68.4 cm³/mol. The Morgan fingerprint density at radius 3 is 2.94 bits per heavy atom. The van der Waals surface area contributed by atoms with Crippen molar-refractivity contribution >= 4 is 11.8 Å². The Balaban J connectivity index is 2.08. The summed E-state index contributed by atoms with van der Waals surface area (Å²) in [6.07, 6.45) is 4.20. The zero-order valence-corrected chi connectivity index (χ0v) is 10.6. The molecule has 0 spiro atoms. The smallest absolute Gasteiger partial charge is 0.113 e. The second-order valence-corrected chi connectivity index (χ2v) is 5.12. The van der Waals surface area contributed by atoms with Crippen molar-refractivity contribution < 1.29 is 9.52 Å². The minimum atomic E-state index is -0.661.